The number of rotatable bonds is 7. The van der Waals surface area contributed by atoms with Gasteiger partial charge in [0.05, 0.1) is 0 Å². The highest BCUT2D eigenvalue weighted by Gasteiger charge is 2.49. The van der Waals surface area contributed by atoms with Gasteiger partial charge in [-0.3, -0.25) is 4.79 Å². The summed E-state index contributed by atoms with van der Waals surface area (Å²) in [6.45, 7) is 2.74. The predicted molar refractivity (Wildman–Crippen MR) is 69.0 cm³/mol. The van der Waals surface area contributed by atoms with Gasteiger partial charge >= 0.3 is 0 Å². The Morgan fingerprint density at radius 3 is 3.00 bits per heavy atom. The van der Waals surface area contributed by atoms with E-state index in [0.717, 1.165) is 23.7 Å². The van der Waals surface area contributed by atoms with Crippen LogP contribution >= 0.6 is 23.1 Å². The maximum Gasteiger partial charge on any atom is 0.238 e. The van der Waals surface area contributed by atoms with Gasteiger partial charge in [-0.05, 0) is 25.3 Å². The van der Waals surface area contributed by atoms with E-state index in [1.54, 1.807) is 17.3 Å². The topological polar surface area (TPSA) is 80.9 Å². The summed E-state index contributed by atoms with van der Waals surface area (Å²) in [5.41, 5.74) is 6.71. The molecule has 0 spiro atoms. The summed E-state index contributed by atoms with van der Waals surface area (Å²) in [5, 5.41) is 11.0. The number of hydrogen-bond donors (Lipinski definition) is 2. The van der Waals surface area contributed by atoms with Crippen molar-refractivity contribution in [2.45, 2.75) is 29.6 Å². The number of nitrogens with one attached hydrogen (secondary N) is 1. The van der Waals surface area contributed by atoms with E-state index in [1.807, 2.05) is 6.92 Å². The van der Waals surface area contributed by atoms with Gasteiger partial charge in [0.15, 0.2) is 4.34 Å². The summed E-state index contributed by atoms with van der Waals surface area (Å²) in [5.74, 6) is 0.759. The summed E-state index contributed by atoms with van der Waals surface area (Å²) in [6.07, 6.45) is 2.15. The first kappa shape index (κ1) is 12.8. The van der Waals surface area contributed by atoms with E-state index in [1.165, 1.54) is 11.3 Å². The summed E-state index contributed by atoms with van der Waals surface area (Å²) in [7, 11) is 0. The molecule has 3 N–H and O–H groups in total. The van der Waals surface area contributed by atoms with Gasteiger partial charge < -0.3 is 11.1 Å². The van der Waals surface area contributed by atoms with E-state index in [9.17, 15) is 4.79 Å². The van der Waals surface area contributed by atoms with Crippen molar-refractivity contribution in [1.82, 2.24) is 15.5 Å². The number of likely N-dealkylation sites (N-methyl/N-ethyl adjacent to an activating group) is 1. The Bertz CT molecular complexity index is 380. The zero-order valence-corrected chi connectivity index (χ0v) is 11.3. The van der Waals surface area contributed by atoms with Crippen LogP contribution in [0.15, 0.2) is 9.85 Å². The van der Waals surface area contributed by atoms with Crippen molar-refractivity contribution in [3.8, 4) is 0 Å². The molecule has 0 bridgehead atoms. The van der Waals surface area contributed by atoms with Crippen LogP contribution < -0.4 is 11.1 Å². The molecule has 1 aliphatic rings. The number of aromatic nitrogens is 2. The zero-order valence-electron chi connectivity index (χ0n) is 9.68. The Kier molecular flexibility index (Phi) is 4.01. The molecule has 1 atom stereocenters. The lowest BCUT2D eigenvalue weighted by atomic mass is 9.94. The van der Waals surface area contributed by atoms with E-state index >= 15 is 0 Å². The van der Waals surface area contributed by atoms with Crippen molar-refractivity contribution in [3.63, 3.8) is 0 Å². The number of carbonyl (C=O) groups is 1. The molecule has 7 heteroatoms. The number of hydrogen-bond acceptors (Lipinski definition) is 6. The predicted octanol–water partition coefficient (Wildman–Crippen LogP) is 0.874. The lowest BCUT2D eigenvalue weighted by Crippen LogP contribution is -2.59. The number of carbonyl (C=O) groups excluding carboxylic acids is 1. The number of nitrogens with two attached hydrogens (primary N) is 1. The third-order valence-electron chi connectivity index (χ3n) is 2.97. The van der Waals surface area contributed by atoms with Crippen LogP contribution in [0.5, 0.6) is 0 Å². The quantitative estimate of drug-likeness (QED) is 0.720. The highest BCUT2D eigenvalue weighted by Crippen LogP contribution is 2.42. The molecule has 2 rings (SSSR count). The molecule has 94 valence electrons. The van der Waals surface area contributed by atoms with Gasteiger partial charge in [0, 0.05) is 5.75 Å². The van der Waals surface area contributed by atoms with Crippen molar-refractivity contribution in [2.75, 3.05) is 12.3 Å². The van der Waals surface area contributed by atoms with E-state index in [2.05, 4.69) is 15.5 Å². The fourth-order valence-electron chi connectivity index (χ4n) is 1.97. The summed E-state index contributed by atoms with van der Waals surface area (Å²) < 4.78 is 0.883. The molecule has 17 heavy (non-hydrogen) atoms. The molecule has 5 nitrogen and oxygen atoms in total. The van der Waals surface area contributed by atoms with Crippen LogP contribution in [-0.2, 0) is 4.79 Å². The smallest absolute Gasteiger partial charge is 0.238 e. The molecular weight excluding hydrogens is 256 g/mol. The summed E-state index contributed by atoms with van der Waals surface area (Å²) in [6, 6.07) is 0. The highest BCUT2D eigenvalue weighted by molar-refractivity contribution is 8.01. The van der Waals surface area contributed by atoms with E-state index in [0.29, 0.717) is 11.7 Å². The molecule has 0 radical (unpaired) electrons. The standard InChI is InChI=1S/C10H16N4OS2/c1-2-12-10(8(11)15,7-3-4-7)5-16-9-14-13-6-17-9/h6-7,12H,2-5H2,1H3,(H2,11,15). The summed E-state index contributed by atoms with van der Waals surface area (Å²) in [4.78, 5) is 11.8. The van der Waals surface area contributed by atoms with Crippen LogP contribution in [0.2, 0.25) is 0 Å². The minimum absolute atomic E-state index is 0.251. The van der Waals surface area contributed by atoms with Gasteiger partial charge in [0.2, 0.25) is 5.91 Å². The van der Waals surface area contributed by atoms with Crippen molar-refractivity contribution >= 4 is 29.0 Å². The van der Waals surface area contributed by atoms with Crippen molar-refractivity contribution in [3.05, 3.63) is 5.51 Å². The van der Waals surface area contributed by atoms with Gasteiger partial charge in [-0.15, -0.1) is 10.2 Å². The Morgan fingerprint density at radius 2 is 2.53 bits per heavy atom. The van der Waals surface area contributed by atoms with E-state index < -0.39 is 5.54 Å². The van der Waals surface area contributed by atoms with E-state index in [4.69, 9.17) is 5.73 Å². The number of thioether (sulfide) groups is 1. The molecule has 1 aromatic rings. The minimum Gasteiger partial charge on any atom is -0.368 e. The number of amides is 1. The Labute approximate surface area is 109 Å². The van der Waals surface area contributed by atoms with Gasteiger partial charge in [-0.25, -0.2) is 0 Å². The number of primary amides is 1. The van der Waals surface area contributed by atoms with Crippen LogP contribution in [0, 0.1) is 5.92 Å². The largest absolute Gasteiger partial charge is 0.368 e. The SMILES string of the molecule is CCNC(CSc1nncs1)(C(N)=O)C1CC1. The number of nitrogens with zero attached hydrogens (tertiary/aromatic N) is 2. The molecule has 1 fully saturated rings. The average molecular weight is 272 g/mol. The lowest BCUT2D eigenvalue weighted by Gasteiger charge is -2.30. The Morgan fingerprint density at radius 1 is 1.76 bits per heavy atom. The van der Waals surface area contributed by atoms with Crippen LogP contribution in [0.1, 0.15) is 19.8 Å². The zero-order chi connectivity index (χ0) is 12.3. The summed E-state index contributed by atoms with van der Waals surface area (Å²) >= 11 is 3.04. The third kappa shape index (κ3) is 2.78. The molecule has 1 aromatic heterocycles. The second-order valence-corrected chi connectivity index (χ2v) is 6.19. The molecule has 1 unspecified atom stereocenters. The Hall–Kier alpha value is -0.660. The van der Waals surface area contributed by atoms with E-state index in [-0.39, 0.29) is 5.91 Å². The van der Waals surface area contributed by atoms with Crippen LogP contribution in [0.25, 0.3) is 0 Å². The second-order valence-electron chi connectivity index (χ2n) is 4.13. The van der Waals surface area contributed by atoms with Gasteiger partial charge in [-0.1, -0.05) is 30.0 Å². The molecule has 0 aromatic carbocycles. The highest BCUT2D eigenvalue weighted by atomic mass is 32.2. The third-order valence-corrected chi connectivity index (χ3v) is 5.02. The lowest BCUT2D eigenvalue weighted by molar-refractivity contribution is -0.124. The molecule has 0 saturated heterocycles. The first-order valence-corrected chi connectivity index (χ1v) is 7.49. The van der Waals surface area contributed by atoms with Crippen molar-refractivity contribution in [2.24, 2.45) is 11.7 Å². The Balaban J connectivity index is 2.06. The fourth-order valence-corrected chi connectivity index (χ4v) is 3.76. The molecule has 1 amide bonds. The first-order valence-electron chi connectivity index (χ1n) is 5.63. The maximum atomic E-state index is 11.8. The second kappa shape index (κ2) is 5.32. The van der Waals surface area contributed by atoms with Crippen LogP contribution in [-0.4, -0.2) is 33.9 Å². The van der Waals surface area contributed by atoms with Crippen molar-refractivity contribution < 1.29 is 4.79 Å². The first-order chi connectivity index (χ1) is 8.19. The fraction of sp³-hybridized carbons (Fsp3) is 0.700. The van der Waals surface area contributed by atoms with Gasteiger partial charge in [0.1, 0.15) is 11.0 Å². The van der Waals surface area contributed by atoms with Crippen LogP contribution in [0.3, 0.4) is 0 Å². The maximum absolute atomic E-state index is 11.8. The normalized spacial score (nSPS) is 18.9. The van der Waals surface area contributed by atoms with Crippen LogP contribution in [0.4, 0.5) is 0 Å². The average Bonchev–Trinajstić information content (AvgIpc) is 3.02. The molecule has 1 heterocycles. The molecule has 1 saturated carbocycles. The van der Waals surface area contributed by atoms with Crippen molar-refractivity contribution in [1.29, 1.82) is 0 Å². The van der Waals surface area contributed by atoms with Gasteiger partial charge in [0.25, 0.3) is 0 Å². The molecular formula is C10H16N4OS2. The molecule has 0 aliphatic heterocycles. The molecule has 1 aliphatic carbocycles. The monoisotopic (exact) mass is 272 g/mol. The van der Waals surface area contributed by atoms with Gasteiger partial charge in [-0.2, -0.15) is 0 Å². The minimum atomic E-state index is -0.578.